The Morgan fingerprint density at radius 1 is 1.20 bits per heavy atom. The fraction of sp³-hybridized carbons (Fsp3) is 0.368. The number of aromatic nitrogens is 1. The van der Waals surface area contributed by atoms with Crippen LogP contribution in [-0.4, -0.2) is 37.2 Å². The summed E-state index contributed by atoms with van der Waals surface area (Å²) < 4.78 is 18.5. The fourth-order valence-corrected chi connectivity index (χ4v) is 2.78. The van der Waals surface area contributed by atoms with Crippen molar-refractivity contribution in [3.8, 4) is 0 Å². The third kappa shape index (κ3) is 5.26. The van der Waals surface area contributed by atoms with Crippen LogP contribution in [0.25, 0.3) is 0 Å². The number of ether oxygens (including phenoxy) is 1. The number of benzene rings is 1. The van der Waals surface area contributed by atoms with Gasteiger partial charge in [0, 0.05) is 32.3 Å². The van der Waals surface area contributed by atoms with Gasteiger partial charge in [-0.2, -0.15) is 0 Å². The van der Waals surface area contributed by atoms with Crippen molar-refractivity contribution in [3.63, 3.8) is 0 Å². The summed E-state index contributed by atoms with van der Waals surface area (Å²) in [4.78, 5) is 18.6. The quantitative estimate of drug-likeness (QED) is 0.874. The number of amides is 1. The number of anilines is 1. The molecule has 1 aromatic carbocycles. The van der Waals surface area contributed by atoms with E-state index in [1.54, 1.807) is 18.3 Å². The Morgan fingerprint density at radius 2 is 2.04 bits per heavy atom. The highest BCUT2D eigenvalue weighted by atomic mass is 19.1. The van der Waals surface area contributed by atoms with Crippen molar-refractivity contribution in [2.75, 3.05) is 31.2 Å². The first-order chi connectivity index (χ1) is 12.2. The second-order valence-corrected chi connectivity index (χ2v) is 6.03. The fourth-order valence-electron chi connectivity index (χ4n) is 2.78. The molecular weight excluding hydrogens is 321 g/mol. The Kier molecular flexibility index (Phi) is 5.95. The Bertz CT molecular complexity index is 717. The lowest BCUT2D eigenvalue weighted by Crippen LogP contribution is -2.36. The van der Waals surface area contributed by atoms with E-state index >= 15 is 0 Å². The standard InChI is InChI=1S/C19H22FN3O2/c20-17-3-1-2-16(12-17)14-22-19(24)5-4-15-6-7-21-18(13-15)23-8-10-25-11-9-23/h1-3,6-7,12-13H,4-5,8-11,14H2,(H,22,24). The zero-order valence-corrected chi connectivity index (χ0v) is 14.1. The number of nitrogens with zero attached hydrogens (tertiary/aromatic N) is 2. The van der Waals surface area contributed by atoms with Crippen molar-refractivity contribution in [3.05, 3.63) is 59.5 Å². The first-order valence-corrected chi connectivity index (χ1v) is 8.49. The number of hydrogen-bond acceptors (Lipinski definition) is 4. The normalized spacial score (nSPS) is 14.4. The lowest BCUT2D eigenvalue weighted by Gasteiger charge is -2.28. The van der Waals surface area contributed by atoms with Crippen molar-refractivity contribution in [2.24, 2.45) is 0 Å². The zero-order chi connectivity index (χ0) is 17.5. The summed E-state index contributed by atoms with van der Waals surface area (Å²) in [6, 6.07) is 10.2. The largest absolute Gasteiger partial charge is 0.378 e. The van der Waals surface area contributed by atoms with Gasteiger partial charge in [0.1, 0.15) is 11.6 Å². The highest BCUT2D eigenvalue weighted by molar-refractivity contribution is 5.76. The Balaban J connectivity index is 1.48. The molecule has 1 aliphatic rings. The van der Waals surface area contributed by atoms with E-state index in [9.17, 15) is 9.18 Å². The summed E-state index contributed by atoms with van der Waals surface area (Å²) in [6.45, 7) is 3.45. The summed E-state index contributed by atoms with van der Waals surface area (Å²) in [6.07, 6.45) is 2.82. The second kappa shape index (κ2) is 8.58. The maximum absolute atomic E-state index is 13.1. The zero-order valence-electron chi connectivity index (χ0n) is 14.1. The van der Waals surface area contributed by atoms with Gasteiger partial charge < -0.3 is 15.0 Å². The van der Waals surface area contributed by atoms with Crippen molar-refractivity contribution >= 4 is 11.7 Å². The molecule has 6 heteroatoms. The van der Waals surface area contributed by atoms with Crippen LogP contribution in [0.4, 0.5) is 10.2 Å². The Labute approximate surface area is 146 Å². The average molecular weight is 343 g/mol. The van der Waals surface area contributed by atoms with Crippen molar-refractivity contribution in [2.45, 2.75) is 19.4 Å². The minimum absolute atomic E-state index is 0.0472. The molecule has 0 atom stereocenters. The molecule has 1 aromatic heterocycles. The van der Waals surface area contributed by atoms with E-state index < -0.39 is 0 Å². The van der Waals surface area contributed by atoms with Crippen molar-refractivity contribution in [1.29, 1.82) is 0 Å². The molecular formula is C19H22FN3O2. The van der Waals surface area contributed by atoms with Crippen LogP contribution in [0.5, 0.6) is 0 Å². The molecule has 1 N–H and O–H groups in total. The Hall–Kier alpha value is -2.47. The molecule has 0 unspecified atom stereocenters. The van der Waals surface area contributed by atoms with E-state index in [0.717, 1.165) is 30.0 Å². The number of halogens is 1. The summed E-state index contributed by atoms with van der Waals surface area (Å²) in [5.74, 6) is 0.592. The molecule has 0 radical (unpaired) electrons. The summed E-state index contributed by atoms with van der Waals surface area (Å²) in [5.41, 5.74) is 1.84. The Morgan fingerprint density at radius 3 is 2.84 bits per heavy atom. The molecule has 3 rings (SSSR count). The summed E-state index contributed by atoms with van der Waals surface area (Å²) in [7, 11) is 0. The van der Waals surface area contributed by atoms with Gasteiger partial charge in [-0.15, -0.1) is 0 Å². The average Bonchev–Trinajstić information content (AvgIpc) is 2.66. The highest BCUT2D eigenvalue weighted by Crippen LogP contribution is 2.15. The number of aryl methyl sites for hydroxylation is 1. The predicted molar refractivity (Wildman–Crippen MR) is 93.8 cm³/mol. The minimum atomic E-state index is -0.292. The molecule has 2 aromatic rings. The van der Waals surface area contributed by atoms with E-state index in [0.29, 0.717) is 32.6 Å². The first kappa shape index (κ1) is 17.4. The lowest BCUT2D eigenvalue weighted by atomic mass is 10.1. The van der Waals surface area contributed by atoms with E-state index in [1.807, 2.05) is 12.1 Å². The van der Waals surface area contributed by atoms with Crippen LogP contribution in [0, 0.1) is 5.82 Å². The van der Waals surface area contributed by atoms with E-state index in [2.05, 4.69) is 15.2 Å². The van der Waals surface area contributed by atoms with Crippen LogP contribution in [0.1, 0.15) is 17.5 Å². The second-order valence-electron chi connectivity index (χ2n) is 6.03. The summed E-state index contributed by atoms with van der Waals surface area (Å²) in [5, 5.41) is 2.83. The molecule has 1 fully saturated rings. The molecule has 1 aliphatic heterocycles. The third-order valence-electron chi connectivity index (χ3n) is 4.16. The molecule has 1 saturated heterocycles. The molecule has 1 amide bonds. The number of morpholine rings is 1. The van der Waals surface area contributed by atoms with Gasteiger partial charge in [0.05, 0.1) is 13.2 Å². The molecule has 2 heterocycles. The lowest BCUT2D eigenvalue weighted by molar-refractivity contribution is -0.121. The third-order valence-corrected chi connectivity index (χ3v) is 4.16. The molecule has 0 bridgehead atoms. The van der Waals surface area contributed by atoms with Crippen molar-refractivity contribution in [1.82, 2.24) is 10.3 Å². The van der Waals surface area contributed by atoms with Crippen molar-refractivity contribution < 1.29 is 13.9 Å². The number of carbonyl (C=O) groups is 1. The first-order valence-electron chi connectivity index (χ1n) is 8.49. The SMILES string of the molecule is O=C(CCc1ccnc(N2CCOCC2)c1)NCc1cccc(F)c1. The van der Waals surface area contributed by atoms with E-state index in [-0.39, 0.29) is 11.7 Å². The maximum Gasteiger partial charge on any atom is 0.220 e. The molecule has 0 spiro atoms. The van der Waals surface area contributed by atoms with Gasteiger partial charge in [0.2, 0.25) is 5.91 Å². The van der Waals surface area contributed by atoms with E-state index in [1.165, 1.54) is 12.1 Å². The van der Waals surface area contributed by atoms with Gasteiger partial charge >= 0.3 is 0 Å². The number of nitrogens with one attached hydrogen (secondary N) is 1. The smallest absolute Gasteiger partial charge is 0.220 e. The monoisotopic (exact) mass is 343 g/mol. The molecule has 132 valence electrons. The maximum atomic E-state index is 13.1. The van der Waals surface area contributed by atoms with Crippen LogP contribution in [0.15, 0.2) is 42.6 Å². The van der Waals surface area contributed by atoms with Gasteiger partial charge in [0.25, 0.3) is 0 Å². The number of rotatable bonds is 6. The molecule has 5 nitrogen and oxygen atoms in total. The van der Waals surface area contributed by atoms with Crippen LogP contribution in [0.2, 0.25) is 0 Å². The summed E-state index contributed by atoms with van der Waals surface area (Å²) >= 11 is 0. The van der Waals surface area contributed by atoms with Crippen LogP contribution in [0.3, 0.4) is 0 Å². The number of pyridine rings is 1. The molecule has 0 aliphatic carbocycles. The number of carbonyl (C=O) groups excluding carboxylic acids is 1. The molecule has 0 saturated carbocycles. The van der Waals surface area contributed by atoms with Gasteiger partial charge in [-0.25, -0.2) is 9.37 Å². The minimum Gasteiger partial charge on any atom is -0.378 e. The van der Waals surface area contributed by atoms with Crippen LogP contribution in [-0.2, 0) is 22.5 Å². The highest BCUT2D eigenvalue weighted by Gasteiger charge is 2.12. The number of hydrogen-bond donors (Lipinski definition) is 1. The van der Waals surface area contributed by atoms with Gasteiger partial charge in [0.15, 0.2) is 0 Å². The molecule has 25 heavy (non-hydrogen) atoms. The predicted octanol–water partition coefficient (Wildman–Crippen LogP) is 2.31. The van der Waals surface area contributed by atoms with Gasteiger partial charge in [-0.3, -0.25) is 4.79 Å². The van der Waals surface area contributed by atoms with Gasteiger partial charge in [-0.1, -0.05) is 12.1 Å². The van der Waals surface area contributed by atoms with Crippen LogP contribution < -0.4 is 10.2 Å². The topological polar surface area (TPSA) is 54.5 Å². The van der Waals surface area contributed by atoms with Crippen LogP contribution >= 0.6 is 0 Å². The van der Waals surface area contributed by atoms with E-state index in [4.69, 9.17) is 4.74 Å². The van der Waals surface area contributed by atoms with Gasteiger partial charge in [-0.05, 0) is 41.8 Å².